The third-order valence-corrected chi connectivity index (χ3v) is 3.94. The molecule has 0 fully saturated rings. The van der Waals surface area contributed by atoms with Gasteiger partial charge in [-0.1, -0.05) is 22.0 Å². The van der Waals surface area contributed by atoms with Gasteiger partial charge in [-0.05, 0) is 36.6 Å². The third-order valence-electron chi connectivity index (χ3n) is 2.63. The second-order valence-electron chi connectivity index (χ2n) is 3.82. The second kappa shape index (κ2) is 6.41. The minimum Gasteiger partial charge on any atom is -0.454 e. The summed E-state index contributed by atoms with van der Waals surface area (Å²) in [6, 6.07) is 10.2. The molecule has 2 rings (SSSR count). The van der Waals surface area contributed by atoms with Gasteiger partial charge in [-0.15, -0.1) is 11.8 Å². The van der Waals surface area contributed by atoms with E-state index in [1.807, 2.05) is 18.4 Å². The van der Waals surface area contributed by atoms with Gasteiger partial charge in [-0.3, -0.25) is 0 Å². The number of thioether (sulfide) groups is 1. The van der Waals surface area contributed by atoms with Crippen molar-refractivity contribution in [1.29, 1.82) is 0 Å². The molecule has 0 aliphatic rings. The van der Waals surface area contributed by atoms with Gasteiger partial charge in [0, 0.05) is 21.5 Å². The van der Waals surface area contributed by atoms with Gasteiger partial charge in [-0.2, -0.15) is 0 Å². The number of halogens is 2. The number of nitrogens with two attached hydrogens (primary N) is 1. The van der Waals surface area contributed by atoms with Gasteiger partial charge in [0.1, 0.15) is 5.75 Å². The summed E-state index contributed by atoms with van der Waals surface area (Å²) in [7, 11) is 0. The molecule has 2 aromatic rings. The van der Waals surface area contributed by atoms with E-state index in [1.54, 1.807) is 30.0 Å². The standard InChI is InChI=1S/C14H13BrFNOS/c1-19-14-4-2-3-12(10(14)8-17)18-13-7-9(15)5-6-11(13)16/h2-7H,8,17H2,1H3. The summed E-state index contributed by atoms with van der Waals surface area (Å²) in [6.45, 7) is 0.349. The fraction of sp³-hybridized carbons (Fsp3) is 0.143. The van der Waals surface area contributed by atoms with Gasteiger partial charge in [0.2, 0.25) is 0 Å². The van der Waals surface area contributed by atoms with Crippen molar-refractivity contribution in [3.63, 3.8) is 0 Å². The Morgan fingerprint density at radius 3 is 2.74 bits per heavy atom. The molecule has 2 nitrogen and oxygen atoms in total. The molecule has 2 N–H and O–H groups in total. The topological polar surface area (TPSA) is 35.2 Å². The monoisotopic (exact) mass is 341 g/mol. The average molecular weight is 342 g/mol. The highest BCUT2D eigenvalue weighted by atomic mass is 79.9. The number of hydrogen-bond acceptors (Lipinski definition) is 3. The predicted molar refractivity (Wildman–Crippen MR) is 80.3 cm³/mol. The molecule has 2 aromatic carbocycles. The third kappa shape index (κ3) is 3.29. The van der Waals surface area contributed by atoms with E-state index in [1.165, 1.54) is 6.07 Å². The van der Waals surface area contributed by atoms with Crippen molar-refractivity contribution < 1.29 is 9.13 Å². The fourth-order valence-corrected chi connectivity index (χ4v) is 2.69. The quantitative estimate of drug-likeness (QED) is 0.828. The Labute approximate surface area is 124 Å². The van der Waals surface area contributed by atoms with Crippen LogP contribution in [0.3, 0.4) is 0 Å². The van der Waals surface area contributed by atoms with Crippen LogP contribution in [0.5, 0.6) is 11.5 Å². The van der Waals surface area contributed by atoms with Crippen LogP contribution < -0.4 is 10.5 Å². The van der Waals surface area contributed by atoms with Crippen LogP contribution >= 0.6 is 27.7 Å². The van der Waals surface area contributed by atoms with Crippen molar-refractivity contribution >= 4 is 27.7 Å². The van der Waals surface area contributed by atoms with E-state index in [2.05, 4.69) is 15.9 Å². The van der Waals surface area contributed by atoms with E-state index in [0.717, 1.165) is 14.9 Å². The first-order chi connectivity index (χ1) is 9.15. The largest absolute Gasteiger partial charge is 0.454 e. The van der Waals surface area contributed by atoms with Crippen LogP contribution in [0.1, 0.15) is 5.56 Å². The van der Waals surface area contributed by atoms with Crippen molar-refractivity contribution in [3.8, 4) is 11.5 Å². The van der Waals surface area contributed by atoms with E-state index in [0.29, 0.717) is 12.3 Å². The number of hydrogen-bond donors (Lipinski definition) is 1. The molecular formula is C14H13BrFNOS. The molecule has 100 valence electrons. The highest BCUT2D eigenvalue weighted by Gasteiger charge is 2.11. The second-order valence-corrected chi connectivity index (χ2v) is 5.58. The first-order valence-corrected chi connectivity index (χ1v) is 7.66. The van der Waals surface area contributed by atoms with Gasteiger partial charge in [0.05, 0.1) is 0 Å². The molecule has 0 heterocycles. The Hall–Kier alpha value is -1.04. The van der Waals surface area contributed by atoms with Crippen LogP contribution in [0, 0.1) is 5.82 Å². The molecule has 0 saturated carbocycles. The Bertz CT molecular complexity index is 592. The zero-order valence-electron chi connectivity index (χ0n) is 10.3. The van der Waals surface area contributed by atoms with E-state index in [-0.39, 0.29) is 5.75 Å². The molecule has 0 unspecified atom stereocenters. The van der Waals surface area contributed by atoms with Crippen molar-refractivity contribution in [2.45, 2.75) is 11.4 Å². The first-order valence-electron chi connectivity index (χ1n) is 5.64. The van der Waals surface area contributed by atoms with Crippen molar-refractivity contribution in [2.75, 3.05) is 6.26 Å². The van der Waals surface area contributed by atoms with Crippen LogP contribution in [0.25, 0.3) is 0 Å². The summed E-state index contributed by atoms with van der Waals surface area (Å²) < 4.78 is 20.1. The molecule has 0 aliphatic heterocycles. The van der Waals surface area contributed by atoms with Gasteiger partial charge in [0.25, 0.3) is 0 Å². The van der Waals surface area contributed by atoms with Gasteiger partial charge < -0.3 is 10.5 Å². The lowest BCUT2D eigenvalue weighted by Crippen LogP contribution is -2.02. The molecule has 5 heteroatoms. The zero-order chi connectivity index (χ0) is 13.8. The van der Waals surface area contributed by atoms with E-state index in [9.17, 15) is 4.39 Å². The Morgan fingerprint density at radius 2 is 2.05 bits per heavy atom. The smallest absolute Gasteiger partial charge is 0.165 e. The lowest BCUT2D eigenvalue weighted by atomic mass is 10.2. The van der Waals surface area contributed by atoms with Crippen molar-refractivity contribution in [2.24, 2.45) is 5.73 Å². The molecule has 19 heavy (non-hydrogen) atoms. The summed E-state index contributed by atoms with van der Waals surface area (Å²) in [6.07, 6.45) is 1.97. The molecule has 0 spiro atoms. The maximum Gasteiger partial charge on any atom is 0.165 e. The molecule has 0 atom stereocenters. The Morgan fingerprint density at radius 1 is 1.26 bits per heavy atom. The summed E-state index contributed by atoms with van der Waals surface area (Å²) >= 11 is 4.89. The minimum absolute atomic E-state index is 0.183. The van der Waals surface area contributed by atoms with Gasteiger partial charge >= 0.3 is 0 Å². The minimum atomic E-state index is -0.402. The predicted octanol–water partition coefficient (Wildman–Crippen LogP) is 4.56. The van der Waals surface area contributed by atoms with Crippen LogP contribution in [0.15, 0.2) is 45.8 Å². The van der Waals surface area contributed by atoms with Gasteiger partial charge in [0.15, 0.2) is 11.6 Å². The SMILES string of the molecule is CSc1cccc(Oc2cc(Br)ccc2F)c1CN. The van der Waals surface area contributed by atoms with E-state index in [4.69, 9.17) is 10.5 Å². The maximum atomic E-state index is 13.7. The molecule has 0 aliphatic carbocycles. The Balaban J connectivity index is 2.40. The first kappa shape index (κ1) is 14.4. The number of benzene rings is 2. The summed E-state index contributed by atoms with van der Waals surface area (Å²) in [5, 5.41) is 0. The molecule has 0 radical (unpaired) electrons. The highest BCUT2D eigenvalue weighted by molar-refractivity contribution is 9.10. The molecular weight excluding hydrogens is 329 g/mol. The summed E-state index contributed by atoms with van der Waals surface area (Å²) in [5.74, 6) is 0.370. The average Bonchev–Trinajstić information content (AvgIpc) is 2.42. The van der Waals surface area contributed by atoms with Crippen molar-refractivity contribution in [3.05, 3.63) is 52.3 Å². The van der Waals surface area contributed by atoms with Crippen LogP contribution in [0.4, 0.5) is 4.39 Å². The van der Waals surface area contributed by atoms with Gasteiger partial charge in [-0.25, -0.2) is 4.39 Å². The summed E-state index contributed by atoms with van der Waals surface area (Å²) in [5.41, 5.74) is 6.64. The number of rotatable bonds is 4. The molecule has 0 saturated heterocycles. The van der Waals surface area contributed by atoms with Crippen LogP contribution in [-0.2, 0) is 6.54 Å². The van der Waals surface area contributed by atoms with E-state index >= 15 is 0 Å². The van der Waals surface area contributed by atoms with Crippen LogP contribution in [-0.4, -0.2) is 6.26 Å². The Kier molecular flexibility index (Phi) is 4.85. The zero-order valence-corrected chi connectivity index (χ0v) is 12.7. The summed E-state index contributed by atoms with van der Waals surface area (Å²) in [4.78, 5) is 1.04. The normalized spacial score (nSPS) is 10.5. The highest BCUT2D eigenvalue weighted by Crippen LogP contribution is 2.33. The molecule has 0 aromatic heterocycles. The molecule has 0 amide bonds. The van der Waals surface area contributed by atoms with E-state index < -0.39 is 5.82 Å². The van der Waals surface area contributed by atoms with Crippen molar-refractivity contribution in [1.82, 2.24) is 0 Å². The maximum absolute atomic E-state index is 13.7. The lowest BCUT2D eigenvalue weighted by Gasteiger charge is -2.13. The number of ether oxygens (including phenoxy) is 1. The molecule has 0 bridgehead atoms. The fourth-order valence-electron chi connectivity index (χ4n) is 1.71. The van der Waals surface area contributed by atoms with Crippen LogP contribution in [0.2, 0.25) is 0 Å². The lowest BCUT2D eigenvalue weighted by molar-refractivity contribution is 0.436.